The molecular formula is C15H17F3N2O3. The Kier molecular flexibility index (Phi) is 4.76. The summed E-state index contributed by atoms with van der Waals surface area (Å²) in [5.41, 5.74) is -3.23. The largest absolute Gasteiger partial charge is 0.438 e. The average molecular weight is 330 g/mol. The van der Waals surface area contributed by atoms with Crippen molar-refractivity contribution in [2.24, 2.45) is 5.10 Å². The maximum atomic E-state index is 13.2. The molecule has 2 N–H and O–H groups in total. The lowest BCUT2D eigenvalue weighted by atomic mass is 10.0. The van der Waals surface area contributed by atoms with Crippen molar-refractivity contribution in [3.05, 3.63) is 35.9 Å². The van der Waals surface area contributed by atoms with E-state index in [0.717, 1.165) is 0 Å². The molecule has 23 heavy (non-hydrogen) atoms. The predicted octanol–water partition coefficient (Wildman–Crippen LogP) is 2.36. The van der Waals surface area contributed by atoms with Crippen molar-refractivity contribution in [1.82, 2.24) is 5.01 Å². The molecule has 0 saturated heterocycles. The van der Waals surface area contributed by atoms with E-state index in [0.29, 0.717) is 6.42 Å². The number of rotatable bonds is 4. The van der Waals surface area contributed by atoms with Crippen LogP contribution in [0.1, 0.15) is 37.9 Å². The SMILES string of the molecule is CCCC1=NN(C(=O)C(O)c2ccccc2)C(O)(C(F)(F)F)C1. The van der Waals surface area contributed by atoms with Gasteiger partial charge >= 0.3 is 6.18 Å². The zero-order chi connectivity index (χ0) is 17.3. The molecule has 0 radical (unpaired) electrons. The lowest BCUT2D eigenvalue weighted by Gasteiger charge is -2.33. The first-order valence-electron chi connectivity index (χ1n) is 7.13. The summed E-state index contributed by atoms with van der Waals surface area (Å²) >= 11 is 0. The van der Waals surface area contributed by atoms with E-state index >= 15 is 0 Å². The first-order chi connectivity index (χ1) is 10.7. The van der Waals surface area contributed by atoms with Gasteiger partial charge in [0.25, 0.3) is 11.6 Å². The number of amides is 1. The van der Waals surface area contributed by atoms with E-state index in [1.165, 1.54) is 24.3 Å². The van der Waals surface area contributed by atoms with Crippen LogP contribution in [0.2, 0.25) is 0 Å². The molecule has 0 fully saturated rings. The third-order valence-electron chi connectivity index (χ3n) is 3.59. The lowest BCUT2D eigenvalue weighted by Crippen LogP contribution is -2.57. The van der Waals surface area contributed by atoms with E-state index in [2.05, 4.69) is 5.10 Å². The zero-order valence-electron chi connectivity index (χ0n) is 12.4. The number of benzene rings is 1. The lowest BCUT2D eigenvalue weighted by molar-refractivity contribution is -0.303. The Balaban J connectivity index is 2.34. The smallest absolute Gasteiger partial charge is 0.378 e. The molecule has 1 aliphatic heterocycles. The van der Waals surface area contributed by atoms with Gasteiger partial charge in [-0.3, -0.25) is 4.79 Å². The fourth-order valence-electron chi connectivity index (χ4n) is 2.39. The second kappa shape index (κ2) is 6.29. The van der Waals surface area contributed by atoms with Crippen LogP contribution in [0.3, 0.4) is 0 Å². The molecule has 1 aromatic carbocycles. The van der Waals surface area contributed by atoms with Gasteiger partial charge in [0.05, 0.1) is 0 Å². The summed E-state index contributed by atoms with van der Waals surface area (Å²) in [6, 6.07) is 7.53. The average Bonchev–Trinajstić information content (AvgIpc) is 2.85. The van der Waals surface area contributed by atoms with Gasteiger partial charge in [-0.2, -0.15) is 23.3 Å². The third-order valence-corrected chi connectivity index (χ3v) is 3.59. The molecule has 0 aliphatic carbocycles. The topological polar surface area (TPSA) is 73.1 Å². The minimum Gasteiger partial charge on any atom is -0.378 e. The Morgan fingerprint density at radius 1 is 1.39 bits per heavy atom. The highest BCUT2D eigenvalue weighted by Gasteiger charge is 2.63. The molecule has 8 heteroatoms. The molecule has 1 aromatic rings. The Morgan fingerprint density at radius 2 is 2.00 bits per heavy atom. The number of hydrogen-bond donors (Lipinski definition) is 2. The van der Waals surface area contributed by atoms with Crippen LogP contribution in [-0.2, 0) is 4.79 Å². The summed E-state index contributed by atoms with van der Waals surface area (Å²) in [4.78, 5) is 12.3. The highest BCUT2D eigenvalue weighted by atomic mass is 19.4. The van der Waals surface area contributed by atoms with E-state index in [4.69, 9.17) is 0 Å². The summed E-state index contributed by atoms with van der Waals surface area (Å²) in [6.45, 7) is 1.75. The second-order valence-corrected chi connectivity index (χ2v) is 5.37. The molecule has 1 aliphatic rings. The van der Waals surface area contributed by atoms with Crippen molar-refractivity contribution in [2.75, 3.05) is 0 Å². The third kappa shape index (κ3) is 3.23. The van der Waals surface area contributed by atoms with Crippen molar-refractivity contribution < 1.29 is 28.2 Å². The molecule has 0 aromatic heterocycles. The Labute approximate surface area is 131 Å². The highest BCUT2D eigenvalue weighted by molar-refractivity contribution is 5.92. The van der Waals surface area contributed by atoms with E-state index in [9.17, 15) is 28.2 Å². The number of alkyl halides is 3. The summed E-state index contributed by atoms with van der Waals surface area (Å²) < 4.78 is 39.7. The van der Waals surface area contributed by atoms with Crippen molar-refractivity contribution in [2.45, 2.75) is 44.2 Å². The first kappa shape index (κ1) is 17.4. The number of nitrogens with zero attached hydrogens (tertiary/aromatic N) is 2. The minimum atomic E-state index is -5.09. The van der Waals surface area contributed by atoms with Crippen molar-refractivity contribution in [3.63, 3.8) is 0 Å². The molecular weight excluding hydrogens is 313 g/mol. The van der Waals surface area contributed by atoms with Gasteiger partial charge in [-0.25, -0.2) is 0 Å². The molecule has 2 atom stereocenters. The molecule has 0 saturated carbocycles. The number of aliphatic hydroxyl groups is 2. The van der Waals surface area contributed by atoms with Gasteiger partial charge in [-0.15, -0.1) is 0 Å². The molecule has 2 rings (SSSR count). The van der Waals surface area contributed by atoms with Gasteiger partial charge in [0.2, 0.25) is 0 Å². The van der Waals surface area contributed by atoms with Crippen LogP contribution in [0.5, 0.6) is 0 Å². The van der Waals surface area contributed by atoms with Crippen LogP contribution in [0, 0.1) is 0 Å². The van der Waals surface area contributed by atoms with Gasteiger partial charge in [-0.05, 0) is 12.0 Å². The van der Waals surface area contributed by atoms with Crippen LogP contribution in [0.15, 0.2) is 35.4 Å². The van der Waals surface area contributed by atoms with Gasteiger partial charge in [0.15, 0.2) is 6.10 Å². The second-order valence-electron chi connectivity index (χ2n) is 5.37. The van der Waals surface area contributed by atoms with Crippen LogP contribution in [0.25, 0.3) is 0 Å². The van der Waals surface area contributed by atoms with Gasteiger partial charge in [0, 0.05) is 12.1 Å². The van der Waals surface area contributed by atoms with Crippen LogP contribution in [0.4, 0.5) is 13.2 Å². The number of hydrazone groups is 1. The fourth-order valence-corrected chi connectivity index (χ4v) is 2.39. The quantitative estimate of drug-likeness (QED) is 0.890. The number of halogens is 3. The Bertz CT molecular complexity index is 604. The van der Waals surface area contributed by atoms with Gasteiger partial charge in [0.1, 0.15) is 0 Å². The summed E-state index contributed by atoms with van der Waals surface area (Å²) in [5, 5.41) is 23.6. The summed E-state index contributed by atoms with van der Waals surface area (Å²) in [6.07, 6.45) is -6.98. The fraction of sp³-hybridized carbons (Fsp3) is 0.467. The van der Waals surface area contributed by atoms with Crippen molar-refractivity contribution in [1.29, 1.82) is 0 Å². The van der Waals surface area contributed by atoms with E-state index in [1.54, 1.807) is 13.0 Å². The molecule has 1 amide bonds. The van der Waals surface area contributed by atoms with Crippen LogP contribution < -0.4 is 0 Å². The molecule has 1 heterocycles. The Hall–Kier alpha value is -1.93. The van der Waals surface area contributed by atoms with Gasteiger partial charge < -0.3 is 10.2 Å². The van der Waals surface area contributed by atoms with E-state index in [1.807, 2.05) is 0 Å². The van der Waals surface area contributed by atoms with Crippen LogP contribution >= 0.6 is 0 Å². The number of carbonyl (C=O) groups excluding carboxylic acids is 1. The molecule has 0 spiro atoms. The summed E-state index contributed by atoms with van der Waals surface area (Å²) in [5.74, 6) is -1.32. The van der Waals surface area contributed by atoms with Crippen molar-refractivity contribution >= 4 is 11.6 Å². The number of carbonyl (C=O) groups is 1. The minimum absolute atomic E-state index is 0.0321. The summed E-state index contributed by atoms with van der Waals surface area (Å²) in [7, 11) is 0. The van der Waals surface area contributed by atoms with Crippen LogP contribution in [-0.4, -0.2) is 38.7 Å². The first-order valence-corrected chi connectivity index (χ1v) is 7.13. The predicted molar refractivity (Wildman–Crippen MR) is 76.2 cm³/mol. The number of hydrogen-bond acceptors (Lipinski definition) is 4. The van der Waals surface area contributed by atoms with Crippen molar-refractivity contribution in [3.8, 4) is 0 Å². The molecule has 2 unspecified atom stereocenters. The highest BCUT2D eigenvalue weighted by Crippen LogP contribution is 2.42. The molecule has 126 valence electrons. The standard InChI is InChI=1S/C15H17F3N2O3/c1-2-6-11-9-14(23,15(16,17)18)20(19-11)13(22)12(21)10-7-4-3-5-8-10/h3-5,7-8,12,21,23H,2,6,9H2,1H3. The molecule has 0 bridgehead atoms. The van der Waals surface area contributed by atoms with Gasteiger partial charge in [-0.1, -0.05) is 43.7 Å². The Morgan fingerprint density at radius 3 is 2.52 bits per heavy atom. The monoisotopic (exact) mass is 330 g/mol. The number of aliphatic hydroxyl groups excluding tert-OH is 1. The van der Waals surface area contributed by atoms with E-state index in [-0.39, 0.29) is 22.7 Å². The normalized spacial score (nSPS) is 22.9. The molecule has 5 nitrogen and oxygen atoms in total. The maximum Gasteiger partial charge on any atom is 0.438 e. The zero-order valence-corrected chi connectivity index (χ0v) is 12.4. The maximum absolute atomic E-state index is 13.2. The van der Waals surface area contributed by atoms with E-state index < -0.39 is 30.3 Å².